The van der Waals surface area contributed by atoms with Crippen molar-refractivity contribution in [2.24, 2.45) is 0 Å². The van der Waals surface area contributed by atoms with E-state index in [9.17, 15) is 0 Å². The van der Waals surface area contributed by atoms with Gasteiger partial charge in [0.05, 0.1) is 0 Å². The molecule has 0 heteroatoms. The van der Waals surface area contributed by atoms with Crippen molar-refractivity contribution < 1.29 is 0 Å². The first-order valence-electron chi connectivity index (χ1n) is 14.2. The summed E-state index contributed by atoms with van der Waals surface area (Å²) < 4.78 is 0. The summed E-state index contributed by atoms with van der Waals surface area (Å²) in [5.74, 6) is 0. The number of hydrogen-bond donors (Lipinski definition) is 0. The van der Waals surface area contributed by atoms with Crippen LogP contribution in [0.1, 0.15) is 78.6 Å². The van der Waals surface area contributed by atoms with Crippen molar-refractivity contribution in [3.8, 4) is 22.3 Å². The van der Waals surface area contributed by atoms with E-state index in [1.807, 2.05) is 0 Å². The highest BCUT2D eigenvalue weighted by molar-refractivity contribution is 5.90. The molecule has 0 bridgehead atoms. The lowest BCUT2D eigenvalue weighted by Gasteiger charge is -2.29. The van der Waals surface area contributed by atoms with Crippen LogP contribution in [0.25, 0.3) is 33.4 Å². The van der Waals surface area contributed by atoms with Gasteiger partial charge in [-0.2, -0.15) is 0 Å². The molecule has 0 nitrogen and oxygen atoms in total. The molecule has 3 aliphatic rings. The number of aryl methyl sites for hydroxylation is 1. The normalized spacial score (nSPS) is 19.8. The molecule has 0 N–H and O–H groups in total. The number of fused-ring (bicyclic) bond motifs is 7. The Bertz CT molecular complexity index is 1770. The number of allylic oxidation sites excluding steroid dienone is 5. The first kappa shape index (κ1) is 24.2. The molecule has 0 saturated carbocycles. The molecular weight excluding hydrogens is 468 g/mol. The molecule has 0 spiro atoms. The molecular formula is C39H36. The summed E-state index contributed by atoms with van der Waals surface area (Å²) in [5, 5.41) is 0. The van der Waals surface area contributed by atoms with Crippen molar-refractivity contribution >= 4 is 11.1 Å². The van der Waals surface area contributed by atoms with Gasteiger partial charge in [-0.25, -0.2) is 0 Å². The Morgan fingerprint density at radius 1 is 0.641 bits per heavy atom. The van der Waals surface area contributed by atoms with Crippen LogP contribution < -0.4 is 0 Å². The Hall–Kier alpha value is -3.90. The van der Waals surface area contributed by atoms with Gasteiger partial charge < -0.3 is 0 Å². The van der Waals surface area contributed by atoms with Gasteiger partial charge in [-0.3, -0.25) is 0 Å². The Labute approximate surface area is 233 Å². The van der Waals surface area contributed by atoms with Crippen LogP contribution in [0, 0.1) is 6.92 Å². The zero-order valence-electron chi connectivity index (χ0n) is 23.8. The lowest BCUT2D eigenvalue weighted by Crippen LogP contribution is -2.20. The Morgan fingerprint density at radius 2 is 1.36 bits per heavy atom. The molecule has 0 unspecified atom stereocenters. The van der Waals surface area contributed by atoms with Gasteiger partial charge in [-0.1, -0.05) is 119 Å². The van der Waals surface area contributed by atoms with Gasteiger partial charge >= 0.3 is 0 Å². The molecule has 0 heterocycles. The summed E-state index contributed by atoms with van der Waals surface area (Å²) in [5.41, 5.74) is 18.9. The fourth-order valence-corrected chi connectivity index (χ4v) is 7.17. The third-order valence-electron chi connectivity index (χ3n) is 9.50. The predicted octanol–water partition coefficient (Wildman–Crippen LogP) is 10.2. The van der Waals surface area contributed by atoms with E-state index >= 15 is 0 Å². The van der Waals surface area contributed by atoms with Crippen LogP contribution in [0.15, 0.2) is 97.6 Å². The van der Waals surface area contributed by atoms with E-state index < -0.39 is 0 Å². The molecule has 3 aliphatic carbocycles. The number of benzene rings is 4. The summed E-state index contributed by atoms with van der Waals surface area (Å²) in [4.78, 5) is 0. The second-order valence-corrected chi connectivity index (χ2v) is 12.9. The van der Waals surface area contributed by atoms with E-state index in [2.05, 4.69) is 132 Å². The molecule has 39 heavy (non-hydrogen) atoms. The maximum Gasteiger partial charge on any atom is 0.0159 e. The predicted molar refractivity (Wildman–Crippen MR) is 167 cm³/mol. The Morgan fingerprint density at radius 3 is 2.21 bits per heavy atom. The fraction of sp³-hybridized carbons (Fsp3) is 0.231. The van der Waals surface area contributed by atoms with Crippen molar-refractivity contribution in [1.29, 1.82) is 0 Å². The van der Waals surface area contributed by atoms with Crippen molar-refractivity contribution in [3.63, 3.8) is 0 Å². The largest absolute Gasteiger partial charge is 0.0911 e. The molecule has 0 aliphatic heterocycles. The fourth-order valence-electron chi connectivity index (χ4n) is 7.17. The smallest absolute Gasteiger partial charge is 0.0159 e. The van der Waals surface area contributed by atoms with Crippen LogP contribution in [0.5, 0.6) is 0 Å². The maximum atomic E-state index is 4.62. The highest BCUT2D eigenvalue weighted by atomic mass is 14.4. The average molecular weight is 505 g/mol. The molecule has 0 saturated heterocycles. The van der Waals surface area contributed by atoms with Gasteiger partial charge in [-0.05, 0) is 110 Å². The summed E-state index contributed by atoms with van der Waals surface area (Å²) >= 11 is 0. The van der Waals surface area contributed by atoms with Crippen molar-refractivity contribution in [3.05, 3.63) is 142 Å². The lowest BCUT2D eigenvalue weighted by atomic mass is 9.74. The molecule has 0 aromatic heterocycles. The van der Waals surface area contributed by atoms with Gasteiger partial charge in [0.1, 0.15) is 0 Å². The molecule has 0 amide bonds. The summed E-state index contributed by atoms with van der Waals surface area (Å²) in [6.07, 6.45) is 8.98. The maximum absolute atomic E-state index is 4.62. The molecule has 0 fully saturated rings. The average Bonchev–Trinajstić information content (AvgIpc) is 3.41. The van der Waals surface area contributed by atoms with Crippen LogP contribution in [0.4, 0.5) is 0 Å². The van der Waals surface area contributed by atoms with Crippen molar-refractivity contribution in [2.45, 2.75) is 58.3 Å². The SMILES string of the molecule is C=C1/C=C\C(c2cccc3c2Cc2ccccc2-3)=C/CC(C)(C)c2cc3c(cc21)C(C)(C)c1cc(C)ccc1-3. The minimum absolute atomic E-state index is 0.0265. The highest BCUT2D eigenvalue weighted by Gasteiger charge is 2.38. The van der Waals surface area contributed by atoms with Crippen LogP contribution >= 0.6 is 0 Å². The Balaban J connectivity index is 1.36. The molecule has 4 aromatic carbocycles. The van der Waals surface area contributed by atoms with Gasteiger partial charge in [0.15, 0.2) is 0 Å². The number of rotatable bonds is 1. The van der Waals surface area contributed by atoms with Gasteiger partial charge in [-0.15, -0.1) is 0 Å². The summed E-state index contributed by atoms with van der Waals surface area (Å²) in [6.45, 7) is 16.3. The van der Waals surface area contributed by atoms with E-state index in [0.717, 1.165) is 18.4 Å². The first-order chi connectivity index (χ1) is 18.6. The van der Waals surface area contributed by atoms with Crippen LogP contribution in [-0.2, 0) is 17.3 Å². The minimum Gasteiger partial charge on any atom is -0.0911 e. The monoisotopic (exact) mass is 504 g/mol. The Kier molecular flexibility index (Phi) is 5.14. The number of hydrogen-bond acceptors (Lipinski definition) is 0. The van der Waals surface area contributed by atoms with Gasteiger partial charge in [0.2, 0.25) is 0 Å². The van der Waals surface area contributed by atoms with E-state index in [-0.39, 0.29) is 10.8 Å². The van der Waals surface area contributed by atoms with E-state index in [1.165, 1.54) is 72.3 Å². The quantitative estimate of drug-likeness (QED) is 0.213. The minimum atomic E-state index is -0.0386. The first-order valence-corrected chi connectivity index (χ1v) is 14.2. The standard InChI is InChI=1S/C39H36/c1-24-14-17-31-34-23-35-32(22-37(34)39(5,6)36(31)20-24)25(2)15-16-26(18-19-38(35,3)4)28-12-9-13-30-29-11-8-7-10-27(29)21-33(28)30/h7-18,20,22-23H,2,19,21H2,1,3-6H3/b16-15-,26-18+. The summed E-state index contributed by atoms with van der Waals surface area (Å²) in [7, 11) is 0. The molecule has 0 radical (unpaired) electrons. The molecule has 0 atom stereocenters. The third kappa shape index (κ3) is 3.58. The highest BCUT2D eigenvalue weighted by Crippen LogP contribution is 2.52. The van der Waals surface area contributed by atoms with Crippen LogP contribution in [0.3, 0.4) is 0 Å². The molecule has 192 valence electrons. The van der Waals surface area contributed by atoms with E-state index in [1.54, 1.807) is 0 Å². The zero-order valence-corrected chi connectivity index (χ0v) is 23.8. The second-order valence-electron chi connectivity index (χ2n) is 12.9. The van der Waals surface area contributed by atoms with E-state index in [4.69, 9.17) is 0 Å². The summed E-state index contributed by atoms with van der Waals surface area (Å²) in [6, 6.07) is 27.6. The topological polar surface area (TPSA) is 0 Å². The third-order valence-corrected chi connectivity index (χ3v) is 9.50. The van der Waals surface area contributed by atoms with Crippen LogP contribution in [-0.4, -0.2) is 0 Å². The van der Waals surface area contributed by atoms with Crippen molar-refractivity contribution in [2.75, 3.05) is 0 Å². The second kappa shape index (κ2) is 8.30. The lowest BCUT2D eigenvalue weighted by molar-refractivity contribution is 0.533. The van der Waals surface area contributed by atoms with E-state index in [0.29, 0.717) is 0 Å². The van der Waals surface area contributed by atoms with Crippen molar-refractivity contribution in [1.82, 2.24) is 0 Å². The molecule has 7 rings (SSSR count). The van der Waals surface area contributed by atoms with Gasteiger partial charge in [0, 0.05) is 5.41 Å². The molecule has 4 aromatic rings. The zero-order chi connectivity index (χ0) is 27.1. The van der Waals surface area contributed by atoms with Crippen LogP contribution in [0.2, 0.25) is 0 Å². The van der Waals surface area contributed by atoms with Gasteiger partial charge in [0.25, 0.3) is 0 Å².